The molecule has 1 atom stereocenters. The predicted octanol–water partition coefficient (Wildman–Crippen LogP) is 1.12. The first-order valence-electron chi connectivity index (χ1n) is 5.87. The number of ether oxygens (including phenoxy) is 1. The highest BCUT2D eigenvalue weighted by Gasteiger charge is 2.18. The number of methoxy groups -OCH3 is 1. The third-order valence-electron chi connectivity index (χ3n) is 2.56. The van der Waals surface area contributed by atoms with E-state index in [9.17, 15) is 4.79 Å². The second-order valence-electron chi connectivity index (χ2n) is 3.97. The highest BCUT2D eigenvalue weighted by molar-refractivity contribution is 8.00. The predicted molar refractivity (Wildman–Crippen MR) is 77.1 cm³/mol. The van der Waals surface area contributed by atoms with E-state index in [1.807, 2.05) is 12.1 Å². The topological polar surface area (TPSA) is 95.1 Å². The molecule has 8 heteroatoms. The van der Waals surface area contributed by atoms with Crippen molar-refractivity contribution in [2.75, 3.05) is 18.3 Å². The fourth-order valence-electron chi connectivity index (χ4n) is 1.51. The number of thioether (sulfide) groups is 1. The van der Waals surface area contributed by atoms with E-state index in [4.69, 9.17) is 10.6 Å². The van der Waals surface area contributed by atoms with Gasteiger partial charge in [0.05, 0.1) is 18.0 Å². The highest BCUT2D eigenvalue weighted by Crippen LogP contribution is 2.25. The van der Waals surface area contributed by atoms with E-state index in [1.165, 1.54) is 22.8 Å². The van der Waals surface area contributed by atoms with Crippen LogP contribution in [0.4, 0.5) is 5.69 Å². The first-order chi connectivity index (χ1) is 9.61. The Morgan fingerprint density at radius 1 is 1.50 bits per heavy atom. The Kier molecular flexibility index (Phi) is 4.46. The zero-order valence-corrected chi connectivity index (χ0v) is 11.9. The molecule has 3 N–H and O–H groups in total. The van der Waals surface area contributed by atoms with Crippen LogP contribution in [0.5, 0.6) is 5.75 Å². The standard InChI is InChI=1S/C12H15N5O2S/c1-8(20-12-16-14-7-17(12)13)11(18)15-9-5-3-4-6-10(9)19-2/h3-8H,13H2,1-2H3,(H,15,18)/t8-/m1/s1. The molecule has 0 bridgehead atoms. The zero-order valence-electron chi connectivity index (χ0n) is 11.1. The molecule has 7 nitrogen and oxygen atoms in total. The van der Waals surface area contributed by atoms with Crippen molar-refractivity contribution >= 4 is 23.4 Å². The lowest BCUT2D eigenvalue weighted by Gasteiger charge is -2.13. The summed E-state index contributed by atoms with van der Waals surface area (Å²) in [5.74, 6) is 6.05. The molecule has 1 heterocycles. The number of nitrogens with one attached hydrogen (secondary N) is 1. The number of amides is 1. The fraction of sp³-hybridized carbons (Fsp3) is 0.250. The van der Waals surface area contributed by atoms with E-state index in [0.29, 0.717) is 16.6 Å². The maximum atomic E-state index is 12.1. The highest BCUT2D eigenvalue weighted by atomic mass is 32.2. The molecule has 1 aromatic heterocycles. The summed E-state index contributed by atoms with van der Waals surface area (Å²) in [7, 11) is 1.56. The maximum Gasteiger partial charge on any atom is 0.237 e. The van der Waals surface area contributed by atoms with Crippen LogP contribution in [0.3, 0.4) is 0 Å². The number of nitrogen functional groups attached to an aromatic ring is 1. The van der Waals surface area contributed by atoms with Gasteiger partial charge in [-0.1, -0.05) is 23.9 Å². The van der Waals surface area contributed by atoms with Gasteiger partial charge in [-0.3, -0.25) is 4.79 Å². The van der Waals surface area contributed by atoms with Gasteiger partial charge in [-0.15, -0.1) is 10.2 Å². The fourth-order valence-corrected chi connectivity index (χ4v) is 2.26. The number of rotatable bonds is 5. The third-order valence-corrected chi connectivity index (χ3v) is 3.63. The zero-order chi connectivity index (χ0) is 14.5. The second kappa shape index (κ2) is 6.29. The van der Waals surface area contributed by atoms with E-state index in [1.54, 1.807) is 26.2 Å². The van der Waals surface area contributed by atoms with Crippen LogP contribution in [0.2, 0.25) is 0 Å². The van der Waals surface area contributed by atoms with Crippen LogP contribution >= 0.6 is 11.8 Å². The van der Waals surface area contributed by atoms with Crippen LogP contribution in [-0.4, -0.2) is 33.1 Å². The van der Waals surface area contributed by atoms with Gasteiger partial charge in [-0.2, -0.15) is 0 Å². The average Bonchev–Trinajstić information content (AvgIpc) is 2.84. The van der Waals surface area contributed by atoms with E-state index in [0.717, 1.165) is 0 Å². The van der Waals surface area contributed by atoms with Gasteiger partial charge in [0, 0.05) is 0 Å². The van der Waals surface area contributed by atoms with E-state index >= 15 is 0 Å². The van der Waals surface area contributed by atoms with Gasteiger partial charge in [0.2, 0.25) is 11.1 Å². The van der Waals surface area contributed by atoms with E-state index in [-0.39, 0.29) is 11.2 Å². The van der Waals surface area contributed by atoms with Crippen molar-refractivity contribution in [1.29, 1.82) is 0 Å². The molecule has 0 saturated heterocycles. The molecule has 0 fully saturated rings. The number of carbonyl (C=O) groups is 1. The molecule has 0 radical (unpaired) electrons. The molecule has 0 aliphatic rings. The summed E-state index contributed by atoms with van der Waals surface area (Å²) in [6.07, 6.45) is 1.38. The summed E-state index contributed by atoms with van der Waals surface area (Å²) < 4.78 is 6.46. The lowest BCUT2D eigenvalue weighted by molar-refractivity contribution is -0.115. The normalized spacial score (nSPS) is 11.9. The summed E-state index contributed by atoms with van der Waals surface area (Å²) in [6.45, 7) is 1.77. The molecule has 1 aromatic carbocycles. The summed E-state index contributed by atoms with van der Waals surface area (Å²) in [4.78, 5) is 12.1. The molecular weight excluding hydrogens is 278 g/mol. The Morgan fingerprint density at radius 3 is 2.90 bits per heavy atom. The molecule has 106 valence electrons. The molecule has 2 aromatic rings. The van der Waals surface area contributed by atoms with Gasteiger partial charge < -0.3 is 15.9 Å². The van der Waals surface area contributed by atoms with Crippen molar-refractivity contribution in [2.24, 2.45) is 0 Å². The maximum absolute atomic E-state index is 12.1. The van der Waals surface area contributed by atoms with Crippen LogP contribution in [0, 0.1) is 0 Å². The number of carbonyl (C=O) groups excluding carboxylic acids is 1. The number of hydrogen-bond donors (Lipinski definition) is 2. The monoisotopic (exact) mass is 293 g/mol. The Labute approximate surface area is 120 Å². The number of nitrogens with zero attached hydrogens (tertiary/aromatic N) is 3. The van der Waals surface area contributed by atoms with Gasteiger partial charge in [-0.25, -0.2) is 4.68 Å². The van der Waals surface area contributed by atoms with Crippen LogP contribution in [-0.2, 0) is 4.79 Å². The quantitative estimate of drug-likeness (QED) is 0.633. The average molecular weight is 293 g/mol. The smallest absolute Gasteiger partial charge is 0.237 e. The molecule has 0 aliphatic carbocycles. The number of anilines is 1. The van der Waals surface area contributed by atoms with Gasteiger partial charge in [-0.05, 0) is 19.1 Å². The molecule has 20 heavy (non-hydrogen) atoms. The Hall–Kier alpha value is -2.22. The Balaban J connectivity index is 2.02. The minimum absolute atomic E-state index is 0.164. The molecule has 2 rings (SSSR count). The van der Waals surface area contributed by atoms with Gasteiger partial charge in [0.15, 0.2) is 0 Å². The SMILES string of the molecule is COc1ccccc1NC(=O)[C@@H](C)Sc1nncn1N. The van der Waals surface area contributed by atoms with E-state index < -0.39 is 0 Å². The molecule has 0 unspecified atom stereocenters. The number of hydrogen-bond acceptors (Lipinski definition) is 6. The van der Waals surface area contributed by atoms with Crippen molar-refractivity contribution in [1.82, 2.24) is 14.9 Å². The lowest BCUT2D eigenvalue weighted by Crippen LogP contribution is -2.23. The largest absolute Gasteiger partial charge is 0.495 e. The summed E-state index contributed by atoms with van der Waals surface area (Å²) >= 11 is 1.23. The minimum Gasteiger partial charge on any atom is -0.495 e. The van der Waals surface area contributed by atoms with Crippen molar-refractivity contribution in [3.8, 4) is 5.75 Å². The van der Waals surface area contributed by atoms with Crippen molar-refractivity contribution in [3.63, 3.8) is 0 Å². The lowest BCUT2D eigenvalue weighted by atomic mass is 10.3. The van der Waals surface area contributed by atoms with Gasteiger partial charge in [0.25, 0.3) is 0 Å². The Bertz CT molecular complexity index is 601. The van der Waals surface area contributed by atoms with Crippen LogP contribution in [0.15, 0.2) is 35.7 Å². The number of benzene rings is 1. The van der Waals surface area contributed by atoms with Crippen LogP contribution in [0.1, 0.15) is 6.92 Å². The van der Waals surface area contributed by atoms with Crippen molar-refractivity contribution in [2.45, 2.75) is 17.3 Å². The molecule has 0 aliphatic heterocycles. The first-order valence-corrected chi connectivity index (χ1v) is 6.75. The van der Waals surface area contributed by atoms with E-state index in [2.05, 4.69) is 15.5 Å². The summed E-state index contributed by atoms with van der Waals surface area (Å²) in [5.41, 5.74) is 0.627. The summed E-state index contributed by atoms with van der Waals surface area (Å²) in [6, 6.07) is 7.22. The van der Waals surface area contributed by atoms with Crippen molar-refractivity contribution in [3.05, 3.63) is 30.6 Å². The Morgan fingerprint density at radius 2 is 2.25 bits per heavy atom. The van der Waals surface area contributed by atoms with Crippen LogP contribution in [0.25, 0.3) is 0 Å². The molecule has 0 saturated carbocycles. The summed E-state index contributed by atoms with van der Waals surface area (Å²) in [5, 5.41) is 10.4. The van der Waals surface area contributed by atoms with Crippen LogP contribution < -0.4 is 15.9 Å². The third kappa shape index (κ3) is 3.21. The molecule has 0 spiro atoms. The second-order valence-corrected chi connectivity index (χ2v) is 5.28. The number of nitrogens with two attached hydrogens (primary N) is 1. The molecule has 1 amide bonds. The number of aromatic nitrogens is 3. The van der Waals surface area contributed by atoms with Crippen molar-refractivity contribution < 1.29 is 9.53 Å². The minimum atomic E-state index is -0.369. The molecular formula is C12H15N5O2S. The van der Waals surface area contributed by atoms with Gasteiger partial charge >= 0.3 is 0 Å². The first kappa shape index (κ1) is 14.2. The van der Waals surface area contributed by atoms with Gasteiger partial charge in [0.1, 0.15) is 12.1 Å². The number of para-hydroxylation sites is 2.